The number of piperazine rings is 1. The fraction of sp³-hybridized carbons (Fsp3) is 0.357. The molecule has 1 N–H and O–H groups in total. The summed E-state index contributed by atoms with van der Waals surface area (Å²) in [5.74, 6) is 0. The van der Waals surface area contributed by atoms with Gasteiger partial charge in [0.25, 0.3) is 0 Å². The molecule has 18 heavy (non-hydrogen) atoms. The lowest BCUT2D eigenvalue weighted by atomic mass is 10.1. The zero-order chi connectivity index (χ0) is 12.2. The first-order valence-corrected chi connectivity index (χ1v) is 6.43. The molecule has 4 heteroatoms. The van der Waals surface area contributed by atoms with E-state index in [1.165, 1.54) is 11.3 Å². The Morgan fingerprint density at radius 1 is 1.17 bits per heavy atom. The van der Waals surface area contributed by atoms with E-state index in [4.69, 9.17) is 0 Å². The summed E-state index contributed by atoms with van der Waals surface area (Å²) in [7, 11) is 0. The molecular weight excluding hydrogens is 224 g/mol. The van der Waals surface area contributed by atoms with E-state index < -0.39 is 0 Å². The maximum atomic E-state index is 4.13. The van der Waals surface area contributed by atoms with E-state index in [2.05, 4.69) is 44.0 Å². The summed E-state index contributed by atoms with van der Waals surface area (Å²) < 4.78 is 2.08. The van der Waals surface area contributed by atoms with Crippen LogP contribution >= 0.6 is 0 Å². The van der Waals surface area contributed by atoms with Gasteiger partial charge in [-0.05, 0) is 11.6 Å². The molecule has 0 saturated carbocycles. The fourth-order valence-electron chi connectivity index (χ4n) is 2.41. The van der Waals surface area contributed by atoms with Crippen LogP contribution in [0.1, 0.15) is 5.56 Å². The molecule has 1 aromatic carbocycles. The molecular formula is C14H18N4. The number of imidazole rings is 1. The number of rotatable bonds is 3. The summed E-state index contributed by atoms with van der Waals surface area (Å²) >= 11 is 0. The van der Waals surface area contributed by atoms with Gasteiger partial charge in [0.2, 0.25) is 0 Å². The van der Waals surface area contributed by atoms with Crippen LogP contribution in [-0.2, 0) is 6.54 Å². The molecule has 1 saturated heterocycles. The van der Waals surface area contributed by atoms with Crippen LogP contribution in [-0.4, -0.2) is 40.6 Å². The molecule has 0 spiro atoms. The van der Waals surface area contributed by atoms with Crippen molar-refractivity contribution >= 4 is 0 Å². The van der Waals surface area contributed by atoms with Crippen LogP contribution in [0.15, 0.2) is 43.0 Å². The lowest BCUT2D eigenvalue weighted by Crippen LogP contribution is -2.43. The van der Waals surface area contributed by atoms with Gasteiger partial charge in [0.05, 0.1) is 12.0 Å². The SMILES string of the molecule is c1ccc(-n2ccnc2)c(CN2CCNCC2)c1. The molecule has 1 aromatic heterocycles. The molecule has 2 aromatic rings. The lowest BCUT2D eigenvalue weighted by molar-refractivity contribution is 0.233. The maximum Gasteiger partial charge on any atom is 0.0991 e. The maximum absolute atomic E-state index is 4.13. The summed E-state index contributed by atoms with van der Waals surface area (Å²) in [5.41, 5.74) is 2.59. The largest absolute Gasteiger partial charge is 0.314 e. The minimum absolute atomic E-state index is 1.01. The smallest absolute Gasteiger partial charge is 0.0991 e. The van der Waals surface area contributed by atoms with Crippen LogP contribution in [0, 0.1) is 0 Å². The summed E-state index contributed by atoms with van der Waals surface area (Å²) in [5, 5.41) is 3.39. The van der Waals surface area contributed by atoms with E-state index in [0.29, 0.717) is 0 Å². The number of hydrogen-bond donors (Lipinski definition) is 1. The van der Waals surface area contributed by atoms with Gasteiger partial charge < -0.3 is 9.88 Å². The van der Waals surface area contributed by atoms with Crippen LogP contribution in [0.2, 0.25) is 0 Å². The number of nitrogens with one attached hydrogen (secondary N) is 1. The summed E-state index contributed by atoms with van der Waals surface area (Å²) in [6.45, 7) is 5.44. The highest BCUT2D eigenvalue weighted by Gasteiger charge is 2.12. The average Bonchev–Trinajstić information content (AvgIpc) is 2.94. The highest BCUT2D eigenvalue weighted by atomic mass is 15.2. The number of aromatic nitrogens is 2. The van der Waals surface area contributed by atoms with E-state index >= 15 is 0 Å². The van der Waals surface area contributed by atoms with Crippen LogP contribution < -0.4 is 5.32 Å². The van der Waals surface area contributed by atoms with Gasteiger partial charge in [-0.1, -0.05) is 18.2 Å². The Hall–Kier alpha value is -1.65. The van der Waals surface area contributed by atoms with Crippen LogP contribution in [0.25, 0.3) is 5.69 Å². The molecule has 1 aliphatic rings. The fourth-order valence-corrected chi connectivity index (χ4v) is 2.41. The summed E-state index contributed by atoms with van der Waals surface area (Å²) in [4.78, 5) is 6.62. The Balaban J connectivity index is 1.83. The third-order valence-corrected chi connectivity index (χ3v) is 3.38. The van der Waals surface area contributed by atoms with Gasteiger partial charge in [0.15, 0.2) is 0 Å². The topological polar surface area (TPSA) is 33.1 Å². The van der Waals surface area contributed by atoms with Gasteiger partial charge in [-0.25, -0.2) is 4.98 Å². The number of benzene rings is 1. The molecule has 2 heterocycles. The highest BCUT2D eigenvalue weighted by Crippen LogP contribution is 2.16. The van der Waals surface area contributed by atoms with Crippen LogP contribution in [0.4, 0.5) is 0 Å². The number of hydrogen-bond acceptors (Lipinski definition) is 3. The van der Waals surface area contributed by atoms with Crippen molar-refractivity contribution in [1.29, 1.82) is 0 Å². The van der Waals surface area contributed by atoms with Crippen molar-refractivity contribution in [3.05, 3.63) is 48.5 Å². The van der Waals surface area contributed by atoms with Crippen molar-refractivity contribution in [2.75, 3.05) is 26.2 Å². The molecule has 0 radical (unpaired) electrons. The summed E-state index contributed by atoms with van der Waals surface area (Å²) in [6.07, 6.45) is 5.68. The number of nitrogens with zero attached hydrogens (tertiary/aromatic N) is 3. The van der Waals surface area contributed by atoms with Crippen molar-refractivity contribution in [2.45, 2.75) is 6.54 Å². The second-order valence-electron chi connectivity index (χ2n) is 4.62. The second-order valence-corrected chi connectivity index (χ2v) is 4.62. The van der Waals surface area contributed by atoms with Crippen molar-refractivity contribution in [3.8, 4) is 5.69 Å². The third-order valence-electron chi connectivity index (χ3n) is 3.38. The Bertz CT molecular complexity index is 486. The van der Waals surface area contributed by atoms with E-state index in [1.807, 2.05) is 18.7 Å². The van der Waals surface area contributed by atoms with Crippen molar-refractivity contribution < 1.29 is 0 Å². The Kier molecular flexibility index (Phi) is 3.39. The highest BCUT2D eigenvalue weighted by molar-refractivity contribution is 5.40. The molecule has 0 unspecified atom stereocenters. The normalized spacial score (nSPS) is 16.9. The van der Waals surface area contributed by atoms with Gasteiger partial charge in [0, 0.05) is 45.1 Å². The third kappa shape index (κ3) is 2.44. The van der Waals surface area contributed by atoms with Crippen molar-refractivity contribution in [3.63, 3.8) is 0 Å². The monoisotopic (exact) mass is 242 g/mol. The van der Waals surface area contributed by atoms with Crippen molar-refractivity contribution in [1.82, 2.24) is 19.8 Å². The zero-order valence-corrected chi connectivity index (χ0v) is 10.4. The molecule has 0 aliphatic carbocycles. The van der Waals surface area contributed by atoms with Gasteiger partial charge in [-0.15, -0.1) is 0 Å². The Labute approximate surface area is 107 Å². The quantitative estimate of drug-likeness (QED) is 0.880. The number of para-hydroxylation sites is 1. The molecule has 0 amide bonds. The molecule has 1 fully saturated rings. The van der Waals surface area contributed by atoms with Crippen molar-refractivity contribution in [2.24, 2.45) is 0 Å². The second kappa shape index (κ2) is 5.33. The molecule has 4 nitrogen and oxygen atoms in total. The predicted octanol–water partition coefficient (Wildman–Crippen LogP) is 1.28. The first-order valence-electron chi connectivity index (χ1n) is 6.43. The first kappa shape index (κ1) is 11.4. The Morgan fingerprint density at radius 3 is 2.78 bits per heavy atom. The average molecular weight is 242 g/mol. The van der Waals surface area contributed by atoms with Gasteiger partial charge >= 0.3 is 0 Å². The molecule has 1 aliphatic heterocycles. The van der Waals surface area contributed by atoms with Crippen LogP contribution in [0.5, 0.6) is 0 Å². The molecule has 0 bridgehead atoms. The minimum atomic E-state index is 1.01. The predicted molar refractivity (Wildman–Crippen MR) is 71.7 cm³/mol. The Morgan fingerprint density at radius 2 is 2.00 bits per heavy atom. The van der Waals surface area contributed by atoms with Gasteiger partial charge in [0.1, 0.15) is 0 Å². The molecule has 0 atom stereocenters. The van der Waals surface area contributed by atoms with E-state index in [1.54, 1.807) is 0 Å². The first-order chi connectivity index (χ1) is 8.93. The lowest BCUT2D eigenvalue weighted by Gasteiger charge is -2.28. The van der Waals surface area contributed by atoms with E-state index in [-0.39, 0.29) is 0 Å². The molecule has 3 rings (SSSR count). The van der Waals surface area contributed by atoms with Gasteiger partial charge in [-0.3, -0.25) is 4.90 Å². The standard InChI is InChI=1S/C14H18N4/c1-2-4-14(18-10-7-16-12-18)13(3-1)11-17-8-5-15-6-9-17/h1-4,7,10,12,15H,5-6,8-9,11H2. The van der Waals surface area contributed by atoms with E-state index in [9.17, 15) is 0 Å². The summed E-state index contributed by atoms with van der Waals surface area (Å²) in [6, 6.07) is 8.55. The molecule has 94 valence electrons. The van der Waals surface area contributed by atoms with Crippen LogP contribution in [0.3, 0.4) is 0 Å². The van der Waals surface area contributed by atoms with E-state index in [0.717, 1.165) is 32.7 Å². The minimum Gasteiger partial charge on any atom is -0.314 e. The van der Waals surface area contributed by atoms with Gasteiger partial charge in [-0.2, -0.15) is 0 Å². The zero-order valence-electron chi connectivity index (χ0n) is 10.4.